The number of nitrogens with one attached hydrogen (secondary N) is 1. The Morgan fingerprint density at radius 3 is 2.65 bits per heavy atom. The van der Waals surface area contributed by atoms with Crippen LogP contribution in [-0.4, -0.2) is 36.1 Å². The summed E-state index contributed by atoms with van der Waals surface area (Å²) in [6, 6.07) is 2.39. The first-order chi connectivity index (χ1) is 8.24. The molecule has 0 spiro atoms. The van der Waals surface area contributed by atoms with Gasteiger partial charge in [0.25, 0.3) is 0 Å². The third kappa shape index (κ3) is 3.23. The topological polar surface area (TPSA) is 15.3 Å². The van der Waals surface area contributed by atoms with Crippen molar-refractivity contribution in [1.82, 2.24) is 10.2 Å². The Bertz CT molecular complexity index is 229. The van der Waals surface area contributed by atoms with Gasteiger partial charge < -0.3 is 5.32 Å². The van der Waals surface area contributed by atoms with Crippen molar-refractivity contribution in [2.45, 2.75) is 77.4 Å². The fraction of sp³-hybridized carbons (Fsp3) is 1.00. The first-order valence-electron chi connectivity index (χ1n) is 7.73. The molecule has 1 N–H and O–H groups in total. The molecule has 0 amide bonds. The Morgan fingerprint density at radius 2 is 2.00 bits per heavy atom. The van der Waals surface area contributed by atoms with Gasteiger partial charge in [-0.2, -0.15) is 0 Å². The van der Waals surface area contributed by atoms with Crippen LogP contribution in [0.3, 0.4) is 0 Å². The lowest BCUT2D eigenvalue weighted by molar-refractivity contribution is 0.0485. The lowest BCUT2D eigenvalue weighted by atomic mass is 9.84. The fourth-order valence-electron chi connectivity index (χ4n) is 3.69. The molecule has 1 saturated carbocycles. The second-order valence-electron chi connectivity index (χ2n) is 6.20. The van der Waals surface area contributed by atoms with E-state index in [1.54, 1.807) is 0 Å². The average Bonchev–Trinajstić information content (AvgIpc) is 2.38. The van der Waals surface area contributed by atoms with Crippen LogP contribution in [-0.2, 0) is 0 Å². The molecule has 4 unspecified atom stereocenters. The van der Waals surface area contributed by atoms with E-state index in [0.717, 1.165) is 24.0 Å². The van der Waals surface area contributed by atoms with Crippen LogP contribution in [0.2, 0.25) is 0 Å². The maximum atomic E-state index is 3.71. The summed E-state index contributed by atoms with van der Waals surface area (Å²) in [5.74, 6) is 0.946. The van der Waals surface area contributed by atoms with Gasteiger partial charge in [0.05, 0.1) is 0 Å². The van der Waals surface area contributed by atoms with Crippen LogP contribution in [0.4, 0.5) is 0 Å². The largest absolute Gasteiger partial charge is 0.311 e. The molecule has 1 saturated heterocycles. The smallest absolute Gasteiger partial charge is 0.0221 e. The summed E-state index contributed by atoms with van der Waals surface area (Å²) in [5.41, 5.74) is 0. The van der Waals surface area contributed by atoms with Gasteiger partial charge in [-0.25, -0.2) is 0 Å². The van der Waals surface area contributed by atoms with Crippen LogP contribution in [0.15, 0.2) is 0 Å². The zero-order valence-electron chi connectivity index (χ0n) is 11.9. The normalized spacial score (nSPS) is 40.4. The van der Waals surface area contributed by atoms with Crippen molar-refractivity contribution in [3.8, 4) is 0 Å². The summed E-state index contributed by atoms with van der Waals surface area (Å²) in [6.45, 7) is 9.59. The van der Waals surface area contributed by atoms with Gasteiger partial charge in [0, 0.05) is 31.2 Å². The molecular weight excluding hydrogens is 208 g/mol. The summed E-state index contributed by atoms with van der Waals surface area (Å²) < 4.78 is 0. The zero-order chi connectivity index (χ0) is 12.3. The molecule has 0 aromatic heterocycles. The van der Waals surface area contributed by atoms with Crippen LogP contribution in [0.25, 0.3) is 0 Å². The molecule has 1 aliphatic carbocycles. The monoisotopic (exact) mass is 238 g/mol. The van der Waals surface area contributed by atoms with Crippen molar-refractivity contribution in [2.75, 3.05) is 13.1 Å². The average molecular weight is 238 g/mol. The third-order valence-corrected chi connectivity index (χ3v) is 4.88. The van der Waals surface area contributed by atoms with Gasteiger partial charge in [-0.05, 0) is 31.6 Å². The first kappa shape index (κ1) is 13.4. The molecule has 2 aliphatic rings. The van der Waals surface area contributed by atoms with E-state index in [2.05, 4.69) is 31.0 Å². The molecule has 100 valence electrons. The maximum absolute atomic E-state index is 3.71. The first-order valence-corrected chi connectivity index (χ1v) is 7.73. The van der Waals surface area contributed by atoms with Crippen LogP contribution in [0, 0.1) is 5.92 Å². The molecule has 2 fully saturated rings. The van der Waals surface area contributed by atoms with Gasteiger partial charge in [0.15, 0.2) is 0 Å². The van der Waals surface area contributed by atoms with E-state index < -0.39 is 0 Å². The predicted octanol–water partition coefficient (Wildman–Crippen LogP) is 3.03. The Morgan fingerprint density at radius 1 is 1.18 bits per heavy atom. The molecule has 2 nitrogen and oxygen atoms in total. The SMILES string of the molecule is CCC1CN(C2CCCC(C)C2)C(CC)CN1. The quantitative estimate of drug-likeness (QED) is 0.813. The van der Waals surface area contributed by atoms with Gasteiger partial charge in [0.1, 0.15) is 0 Å². The number of hydrogen-bond acceptors (Lipinski definition) is 2. The molecule has 0 aromatic carbocycles. The van der Waals surface area contributed by atoms with Gasteiger partial charge >= 0.3 is 0 Å². The van der Waals surface area contributed by atoms with E-state index in [1.807, 2.05) is 0 Å². The standard InChI is InChI=1S/C15H30N2/c1-4-13-11-17(14(5-2)10-16-13)15-8-6-7-12(3)9-15/h12-16H,4-11H2,1-3H3. The van der Waals surface area contributed by atoms with Crippen molar-refractivity contribution < 1.29 is 0 Å². The number of rotatable bonds is 3. The second kappa shape index (κ2) is 6.19. The molecule has 2 rings (SSSR count). The molecule has 0 radical (unpaired) electrons. The van der Waals surface area contributed by atoms with Crippen LogP contribution < -0.4 is 5.32 Å². The Balaban J connectivity index is 1.98. The number of piperazine rings is 1. The van der Waals surface area contributed by atoms with Gasteiger partial charge in [-0.1, -0.05) is 33.6 Å². The minimum absolute atomic E-state index is 0.732. The molecule has 2 heteroatoms. The Labute approximate surface area is 107 Å². The van der Waals surface area contributed by atoms with Crippen molar-refractivity contribution >= 4 is 0 Å². The molecule has 1 heterocycles. The van der Waals surface area contributed by atoms with Gasteiger partial charge in [-0.15, -0.1) is 0 Å². The lowest BCUT2D eigenvalue weighted by Gasteiger charge is -2.46. The molecule has 4 atom stereocenters. The minimum Gasteiger partial charge on any atom is -0.311 e. The highest BCUT2D eigenvalue weighted by atomic mass is 15.3. The Kier molecular flexibility index (Phi) is 4.87. The van der Waals surface area contributed by atoms with E-state index in [9.17, 15) is 0 Å². The second-order valence-corrected chi connectivity index (χ2v) is 6.20. The summed E-state index contributed by atoms with van der Waals surface area (Å²) >= 11 is 0. The van der Waals surface area contributed by atoms with Crippen molar-refractivity contribution in [2.24, 2.45) is 5.92 Å². The van der Waals surface area contributed by atoms with Crippen molar-refractivity contribution in [3.63, 3.8) is 0 Å². The summed E-state index contributed by atoms with van der Waals surface area (Å²) in [5, 5.41) is 3.71. The van der Waals surface area contributed by atoms with E-state index in [0.29, 0.717) is 0 Å². The minimum atomic E-state index is 0.732. The molecule has 1 aliphatic heterocycles. The van der Waals surface area contributed by atoms with Gasteiger partial charge in [0.2, 0.25) is 0 Å². The van der Waals surface area contributed by atoms with Crippen LogP contribution >= 0.6 is 0 Å². The van der Waals surface area contributed by atoms with E-state index >= 15 is 0 Å². The van der Waals surface area contributed by atoms with Crippen molar-refractivity contribution in [3.05, 3.63) is 0 Å². The highest BCUT2D eigenvalue weighted by Gasteiger charge is 2.33. The number of nitrogens with zero attached hydrogens (tertiary/aromatic N) is 1. The molecule has 0 bridgehead atoms. The van der Waals surface area contributed by atoms with Crippen molar-refractivity contribution in [1.29, 1.82) is 0 Å². The highest BCUT2D eigenvalue weighted by Crippen LogP contribution is 2.30. The molecule has 17 heavy (non-hydrogen) atoms. The van der Waals surface area contributed by atoms with E-state index in [4.69, 9.17) is 0 Å². The summed E-state index contributed by atoms with van der Waals surface area (Å²) in [7, 11) is 0. The highest BCUT2D eigenvalue weighted by molar-refractivity contribution is 4.90. The number of hydrogen-bond donors (Lipinski definition) is 1. The molecular formula is C15H30N2. The summed E-state index contributed by atoms with van der Waals surface area (Å²) in [4.78, 5) is 2.85. The van der Waals surface area contributed by atoms with E-state index in [1.165, 1.54) is 51.6 Å². The van der Waals surface area contributed by atoms with E-state index in [-0.39, 0.29) is 0 Å². The predicted molar refractivity (Wildman–Crippen MR) is 74.3 cm³/mol. The lowest BCUT2D eigenvalue weighted by Crippen LogP contribution is -2.59. The third-order valence-electron chi connectivity index (χ3n) is 4.88. The maximum Gasteiger partial charge on any atom is 0.0221 e. The summed E-state index contributed by atoms with van der Waals surface area (Å²) in [6.07, 6.45) is 8.35. The zero-order valence-corrected chi connectivity index (χ0v) is 11.9. The molecule has 0 aromatic rings. The Hall–Kier alpha value is -0.0800. The van der Waals surface area contributed by atoms with Gasteiger partial charge in [-0.3, -0.25) is 4.90 Å². The van der Waals surface area contributed by atoms with Crippen LogP contribution in [0.1, 0.15) is 59.3 Å². The fourth-order valence-corrected chi connectivity index (χ4v) is 3.69. The van der Waals surface area contributed by atoms with Crippen LogP contribution in [0.5, 0.6) is 0 Å².